The molecule has 2 aromatic rings. The molecule has 0 aromatic carbocycles. The first kappa shape index (κ1) is 13.3. The Kier molecular flexibility index (Phi) is 3.64. The third-order valence-corrected chi connectivity index (χ3v) is 2.81. The monoisotopic (exact) mass is 263 g/mol. The van der Waals surface area contributed by atoms with Gasteiger partial charge in [-0.3, -0.25) is 0 Å². The average Bonchev–Trinajstić information content (AvgIpc) is 2.82. The van der Waals surface area contributed by atoms with Gasteiger partial charge in [0.1, 0.15) is 18.2 Å². The van der Waals surface area contributed by atoms with Crippen LogP contribution in [0.4, 0.5) is 5.82 Å². The minimum Gasteiger partial charge on any atom is -0.467 e. The summed E-state index contributed by atoms with van der Waals surface area (Å²) in [5.41, 5.74) is 0.801. The van der Waals surface area contributed by atoms with Gasteiger partial charge in [0.2, 0.25) is 0 Å². The summed E-state index contributed by atoms with van der Waals surface area (Å²) in [4.78, 5) is 20.1. The number of hydrogen-bond acceptors (Lipinski definition) is 6. The zero-order valence-corrected chi connectivity index (χ0v) is 11.4. The number of carbonyl (C=O) groups is 1. The van der Waals surface area contributed by atoms with Crippen LogP contribution in [0.5, 0.6) is 0 Å². The van der Waals surface area contributed by atoms with Gasteiger partial charge >= 0.3 is 5.97 Å². The van der Waals surface area contributed by atoms with Gasteiger partial charge in [0.05, 0.1) is 7.11 Å². The van der Waals surface area contributed by atoms with Gasteiger partial charge in [0.15, 0.2) is 0 Å². The Morgan fingerprint density at radius 3 is 2.84 bits per heavy atom. The first-order valence-corrected chi connectivity index (χ1v) is 6.04. The SMILES string of the molecule is COC(=O)C(Nc1cc(C)nc2ncnn12)C(C)C. The summed E-state index contributed by atoms with van der Waals surface area (Å²) in [7, 11) is 1.38. The molecular formula is C12H17N5O2. The quantitative estimate of drug-likeness (QED) is 0.830. The summed E-state index contributed by atoms with van der Waals surface area (Å²) in [6.07, 6.45) is 1.43. The van der Waals surface area contributed by atoms with E-state index in [-0.39, 0.29) is 11.9 Å². The van der Waals surface area contributed by atoms with Crippen LogP contribution in [0, 0.1) is 12.8 Å². The molecule has 0 spiro atoms. The van der Waals surface area contributed by atoms with Gasteiger partial charge in [-0.25, -0.2) is 9.78 Å². The number of methoxy groups -OCH3 is 1. The van der Waals surface area contributed by atoms with Gasteiger partial charge in [-0.05, 0) is 12.8 Å². The summed E-state index contributed by atoms with van der Waals surface area (Å²) in [6, 6.07) is 1.37. The van der Waals surface area contributed by atoms with E-state index < -0.39 is 6.04 Å². The lowest BCUT2D eigenvalue weighted by atomic mass is 10.0. The molecule has 2 aromatic heterocycles. The molecule has 0 fully saturated rings. The first-order chi connectivity index (χ1) is 9.02. The number of rotatable bonds is 4. The largest absolute Gasteiger partial charge is 0.467 e. The molecule has 2 heterocycles. The number of aryl methyl sites for hydroxylation is 1. The highest BCUT2D eigenvalue weighted by Crippen LogP contribution is 2.15. The summed E-state index contributed by atoms with van der Waals surface area (Å²) >= 11 is 0. The normalized spacial score (nSPS) is 12.7. The molecule has 1 N–H and O–H groups in total. The molecule has 1 unspecified atom stereocenters. The molecule has 0 amide bonds. The van der Waals surface area contributed by atoms with Gasteiger partial charge < -0.3 is 10.1 Å². The molecule has 0 aliphatic heterocycles. The van der Waals surface area contributed by atoms with Crippen molar-refractivity contribution in [2.75, 3.05) is 12.4 Å². The predicted octanol–water partition coefficient (Wildman–Crippen LogP) is 1.04. The zero-order valence-electron chi connectivity index (χ0n) is 11.4. The zero-order chi connectivity index (χ0) is 14.0. The fourth-order valence-electron chi connectivity index (χ4n) is 1.82. The maximum atomic E-state index is 11.8. The van der Waals surface area contributed by atoms with Crippen LogP contribution in [-0.4, -0.2) is 38.7 Å². The van der Waals surface area contributed by atoms with Crippen molar-refractivity contribution in [2.24, 2.45) is 5.92 Å². The second-order valence-corrected chi connectivity index (χ2v) is 4.64. The number of carbonyl (C=O) groups excluding carboxylic acids is 1. The van der Waals surface area contributed by atoms with Crippen molar-refractivity contribution in [3.63, 3.8) is 0 Å². The number of fused-ring (bicyclic) bond motifs is 1. The Morgan fingerprint density at radius 1 is 1.47 bits per heavy atom. The van der Waals surface area contributed by atoms with Gasteiger partial charge in [0, 0.05) is 11.8 Å². The van der Waals surface area contributed by atoms with Crippen LogP contribution >= 0.6 is 0 Å². The Labute approximate surface area is 111 Å². The molecule has 0 aliphatic carbocycles. The number of hydrogen-bond donors (Lipinski definition) is 1. The van der Waals surface area contributed by atoms with Crippen molar-refractivity contribution < 1.29 is 9.53 Å². The van der Waals surface area contributed by atoms with Crippen LogP contribution < -0.4 is 5.32 Å². The van der Waals surface area contributed by atoms with Crippen LogP contribution in [0.1, 0.15) is 19.5 Å². The van der Waals surface area contributed by atoms with E-state index in [1.807, 2.05) is 26.8 Å². The fourth-order valence-corrected chi connectivity index (χ4v) is 1.82. The number of ether oxygens (including phenoxy) is 1. The molecule has 7 heteroatoms. The third-order valence-electron chi connectivity index (χ3n) is 2.81. The molecular weight excluding hydrogens is 246 g/mol. The number of aromatic nitrogens is 4. The van der Waals surface area contributed by atoms with E-state index in [2.05, 4.69) is 20.4 Å². The van der Waals surface area contributed by atoms with Crippen LogP contribution in [-0.2, 0) is 9.53 Å². The smallest absolute Gasteiger partial charge is 0.328 e. The fraction of sp³-hybridized carbons (Fsp3) is 0.500. The van der Waals surface area contributed by atoms with Crippen molar-refractivity contribution in [1.29, 1.82) is 0 Å². The maximum absolute atomic E-state index is 11.8. The molecule has 0 saturated heterocycles. The Balaban J connectivity index is 2.38. The minimum atomic E-state index is -0.445. The minimum absolute atomic E-state index is 0.0829. The number of nitrogens with zero attached hydrogens (tertiary/aromatic N) is 4. The lowest BCUT2D eigenvalue weighted by Gasteiger charge is -2.21. The van der Waals surface area contributed by atoms with E-state index in [1.165, 1.54) is 13.4 Å². The summed E-state index contributed by atoms with van der Waals surface area (Å²) in [6.45, 7) is 5.75. The van der Waals surface area contributed by atoms with Gasteiger partial charge in [-0.15, -0.1) is 0 Å². The van der Waals surface area contributed by atoms with E-state index >= 15 is 0 Å². The Morgan fingerprint density at radius 2 is 2.21 bits per heavy atom. The van der Waals surface area contributed by atoms with Crippen LogP contribution in [0.2, 0.25) is 0 Å². The lowest BCUT2D eigenvalue weighted by molar-refractivity contribution is -0.142. The van der Waals surface area contributed by atoms with Crippen LogP contribution in [0.15, 0.2) is 12.4 Å². The molecule has 1 atom stereocenters. The van der Waals surface area contributed by atoms with Crippen molar-refractivity contribution in [3.05, 3.63) is 18.1 Å². The number of esters is 1. The van der Waals surface area contributed by atoms with Crippen LogP contribution in [0.3, 0.4) is 0 Å². The highest BCUT2D eigenvalue weighted by atomic mass is 16.5. The first-order valence-electron chi connectivity index (χ1n) is 6.04. The van der Waals surface area contributed by atoms with Crippen molar-refractivity contribution >= 4 is 17.6 Å². The van der Waals surface area contributed by atoms with E-state index in [1.54, 1.807) is 4.52 Å². The van der Waals surface area contributed by atoms with Crippen molar-refractivity contribution in [1.82, 2.24) is 19.6 Å². The number of nitrogens with one attached hydrogen (secondary N) is 1. The molecule has 7 nitrogen and oxygen atoms in total. The molecule has 0 bridgehead atoms. The van der Waals surface area contributed by atoms with E-state index in [9.17, 15) is 4.79 Å². The molecule has 19 heavy (non-hydrogen) atoms. The van der Waals surface area contributed by atoms with Crippen LogP contribution in [0.25, 0.3) is 5.78 Å². The lowest BCUT2D eigenvalue weighted by Crippen LogP contribution is -2.36. The predicted molar refractivity (Wildman–Crippen MR) is 69.8 cm³/mol. The Bertz CT molecular complexity index is 593. The molecule has 0 aliphatic rings. The third kappa shape index (κ3) is 2.64. The summed E-state index contributed by atoms with van der Waals surface area (Å²) in [5, 5.41) is 7.23. The van der Waals surface area contributed by atoms with Gasteiger partial charge in [-0.1, -0.05) is 13.8 Å². The van der Waals surface area contributed by atoms with E-state index in [4.69, 9.17) is 4.74 Å². The molecule has 0 saturated carbocycles. The molecule has 0 radical (unpaired) electrons. The highest BCUT2D eigenvalue weighted by Gasteiger charge is 2.24. The highest BCUT2D eigenvalue weighted by molar-refractivity contribution is 5.79. The van der Waals surface area contributed by atoms with Crippen molar-refractivity contribution in [2.45, 2.75) is 26.8 Å². The maximum Gasteiger partial charge on any atom is 0.328 e. The number of anilines is 1. The van der Waals surface area contributed by atoms with Crippen molar-refractivity contribution in [3.8, 4) is 0 Å². The average molecular weight is 263 g/mol. The molecule has 102 valence electrons. The van der Waals surface area contributed by atoms with Gasteiger partial charge in [-0.2, -0.15) is 14.6 Å². The second-order valence-electron chi connectivity index (χ2n) is 4.64. The van der Waals surface area contributed by atoms with Gasteiger partial charge in [0.25, 0.3) is 5.78 Å². The van der Waals surface area contributed by atoms with E-state index in [0.29, 0.717) is 11.6 Å². The standard InChI is InChI=1S/C12H17N5O2/c1-7(2)10(11(18)19-4)16-9-5-8(3)15-12-13-6-14-17(9)12/h5-7,10,16H,1-4H3. The topological polar surface area (TPSA) is 81.4 Å². The summed E-state index contributed by atoms with van der Waals surface area (Å²) in [5.74, 6) is 0.941. The summed E-state index contributed by atoms with van der Waals surface area (Å²) < 4.78 is 6.37. The Hall–Kier alpha value is -2.18. The molecule has 2 rings (SSSR count). The van der Waals surface area contributed by atoms with E-state index in [0.717, 1.165) is 5.69 Å². The second kappa shape index (κ2) is 5.21.